The van der Waals surface area contributed by atoms with Crippen LogP contribution in [0.2, 0.25) is 0 Å². The van der Waals surface area contributed by atoms with E-state index < -0.39 is 0 Å². The zero-order valence-corrected chi connectivity index (χ0v) is 13.5. The monoisotopic (exact) mass is 320 g/mol. The number of fused-ring (bicyclic) bond motifs is 2. The van der Waals surface area contributed by atoms with E-state index in [0.29, 0.717) is 18.5 Å². The van der Waals surface area contributed by atoms with Gasteiger partial charge in [0.2, 0.25) is 5.91 Å². The minimum atomic E-state index is 0.177. The van der Waals surface area contributed by atoms with E-state index in [2.05, 4.69) is 33.4 Å². The first kappa shape index (κ1) is 14.9. The molecule has 1 aromatic carbocycles. The molecule has 0 aliphatic carbocycles. The number of hydrogen-bond donors (Lipinski definition) is 1. The zero-order chi connectivity index (χ0) is 16.4. The predicted molar refractivity (Wildman–Crippen MR) is 93.9 cm³/mol. The number of aromatic amines is 1. The molecule has 4 rings (SSSR count). The summed E-state index contributed by atoms with van der Waals surface area (Å²) in [7, 11) is 0. The van der Waals surface area contributed by atoms with Gasteiger partial charge in [0.1, 0.15) is 0 Å². The summed E-state index contributed by atoms with van der Waals surface area (Å²) >= 11 is 0. The molecule has 24 heavy (non-hydrogen) atoms. The topological polar surface area (TPSA) is 61.9 Å². The number of rotatable bonds is 3. The summed E-state index contributed by atoms with van der Waals surface area (Å²) < 4.78 is 0. The van der Waals surface area contributed by atoms with Crippen molar-refractivity contribution in [2.75, 3.05) is 11.4 Å². The van der Waals surface area contributed by atoms with Gasteiger partial charge in [0.15, 0.2) is 5.65 Å². The molecule has 122 valence electrons. The third-order valence-corrected chi connectivity index (χ3v) is 4.66. The Morgan fingerprint density at radius 2 is 2.08 bits per heavy atom. The molecular weight excluding hydrogens is 300 g/mol. The zero-order valence-electron chi connectivity index (χ0n) is 13.5. The lowest BCUT2D eigenvalue weighted by Crippen LogP contribution is -2.31. The van der Waals surface area contributed by atoms with Gasteiger partial charge in [0.05, 0.1) is 0 Å². The van der Waals surface area contributed by atoms with Crippen molar-refractivity contribution in [2.45, 2.75) is 32.1 Å². The molecule has 1 amide bonds. The molecule has 3 heterocycles. The van der Waals surface area contributed by atoms with Gasteiger partial charge in [-0.1, -0.05) is 18.2 Å². The lowest BCUT2D eigenvalue weighted by Gasteiger charge is -2.22. The van der Waals surface area contributed by atoms with Gasteiger partial charge in [-0.05, 0) is 49.4 Å². The van der Waals surface area contributed by atoms with Crippen LogP contribution in [-0.4, -0.2) is 27.6 Å². The predicted octanol–water partition coefficient (Wildman–Crippen LogP) is 3.26. The number of aromatic nitrogens is 3. The molecule has 0 saturated carbocycles. The lowest BCUT2D eigenvalue weighted by molar-refractivity contribution is -0.118. The Labute approximate surface area is 140 Å². The fourth-order valence-electron chi connectivity index (χ4n) is 3.41. The maximum Gasteiger partial charge on any atom is 0.227 e. The number of anilines is 1. The number of pyridine rings is 1. The number of benzene rings is 1. The molecule has 0 spiro atoms. The molecule has 0 radical (unpaired) electrons. The number of H-pyrrole nitrogens is 1. The second-order valence-electron chi connectivity index (χ2n) is 6.21. The fraction of sp³-hybridized carbons (Fsp3) is 0.316. The number of amides is 1. The van der Waals surface area contributed by atoms with E-state index >= 15 is 0 Å². The number of nitrogens with one attached hydrogen (secondary N) is 1. The van der Waals surface area contributed by atoms with Gasteiger partial charge in [0, 0.05) is 35.9 Å². The third kappa shape index (κ3) is 2.77. The molecule has 5 nitrogen and oxygen atoms in total. The average molecular weight is 320 g/mol. The van der Waals surface area contributed by atoms with Crippen molar-refractivity contribution in [3.8, 4) is 0 Å². The third-order valence-electron chi connectivity index (χ3n) is 4.66. The van der Waals surface area contributed by atoms with Crippen LogP contribution in [0, 0.1) is 0 Å². The molecular formula is C19H20N4O. The van der Waals surface area contributed by atoms with E-state index in [1.807, 2.05) is 23.1 Å². The number of hydrogen-bond acceptors (Lipinski definition) is 3. The van der Waals surface area contributed by atoms with Crippen molar-refractivity contribution < 1.29 is 4.79 Å². The maximum atomic E-state index is 12.8. The van der Waals surface area contributed by atoms with Gasteiger partial charge >= 0.3 is 0 Å². The summed E-state index contributed by atoms with van der Waals surface area (Å²) in [5.41, 5.74) is 4.05. The second kappa shape index (κ2) is 6.43. The van der Waals surface area contributed by atoms with Gasteiger partial charge < -0.3 is 4.90 Å². The first-order valence-corrected chi connectivity index (χ1v) is 8.49. The first-order chi connectivity index (χ1) is 11.8. The number of para-hydroxylation sites is 1. The molecule has 0 bridgehead atoms. The highest BCUT2D eigenvalue weighted by atomic mass is 16.2. The van der Waals surface area contributed by atoms with Crippen LogP contribution in [0.25, 0.3) is 11.0 Å². The van der Waals surface area contributed by atoms with Gasteiger partial charge in [-0.3, -0.25) is 9.89 Å². The average Bonchev–Trinajstić information content (AvgIpc) is 2.91. The molecule has 3 aromatic rings. The van der Waals surface area contributed by atoms with Crippen molar-refractivity contribution in [3.05, 3.63) is 53.9 Å². The summed E-state index contributed by atoms with van der Waals surface area (Å²) in [4.78, 5) is 19.0. The van der Waals surface area contributed by atoms with Crippen LogP contribution in [-0.2, 0) is 17.6 Å². The number of aryl methyl sites for hydroxylation is 2. The van der Waals surface area contributed by atoms with Crippen LogP contribution in [0.5, 0.6) is 0 Å². The van der Waals surface area contributed by atoms with E-state index in [1.165, 1.54) is 5.56 Å². The van der Waals surface area contributed by atoms with Crippen molar-refractivity contribution in [3.63, 3.8) is 0 Å². The minimum absolute atomic E-state index is 0.177. The summed E-state index contributed by atoms with van der Waals surface area (Å²) in [6.45, 7) is 0.807. The van der Waals surface area contributed by atoms with E-state index in [4.69, 9.17) is 0 Å². The van der Waals surface area contributed by atoms with Gasteiger partial charge in [-0.25, -0.2) is 4.98 Å². The van der Waals surface area contributed by atoms with Gasteiger partial charge in [-0.15, -0.1) is 0 Å². The Hall–Kier alpha value is -2.69. The van der Waals surface area contributed by atoms with E-state index in [0.717, 1.165) is 42.6 Å². The number of carbonyl (C=O) groups is 1. The van der Waals surface area contributed by atoms with Crippen LogP contribution >= 0.6 is 0 Å². The molecule has 0 unspecified atom stereocenters. The lowest BCUT2D eigenvalue weighted by atomic mass is 10.1. The van der Waals surface area contributed by atoms with Gasteiger partial charge in [0.25, 0.3) is 0 Å². The van der Waals surface area contributed by atoms with Crippen molar-refractivity contribution in [2.24, 2.45) is 0 Å². The highest BCUT2D eigenvalue weighted by Gasteiger charge is 2.21. The van der Waals surface area contributed by atoms with Crippen LogP contribution in [0.3, 0.4) is 0 Å². The first-order valence-electron chi connectivity index (χ1n) is 8.49. The molecule has 2 aromatic heterocycles. The maximum absolute atomic E-state index is 12.8. The van der Waals surface area contributed by atoms with Crippen molar-refractivity contribution in [1.82, 2.24) is 15.2 Å². The number of carbonyl (C=O) groups excluding carboxylic acids is 1. The van der Waals surface area contributed by atoms with Crippen molar-refractivity contribution in [1.29, 1.82) is 0 Å². The highest BCUT2D eigenvalue weighted by molar-refractivity contribution is 5.94. The summed E-state index contributed by atoms with van der Waals surface area (Å²) in [6.07, 6.45) is 6.10. The normalized spacial score (nSPS) is 14.4. The highest BCUT2D eigenvalue weighted by Crippen LogP contribution is 2.27. The Morgan fingerprint density at radius 3 is 3.04 bits per heavy atom. The fourth-order valence-corrected chi connectivity index (χ4v) is 3.41. The Morgan fingerprint density at radius 1 is 1.17 bits per heavy atom. The quantitative estimate of drug-likeness (QED) is 0.805. The van der Waals surface area contributed by atoms with Crippen molar-refractivity contribution >= 4 is 22.6 Å². The molecule has 5 heteroatoms. The Bertz CT molecular complexity index is 870. The van der Waals surface area contributed by atoms with E-state index in [9.17, 15) is 4.79 Å². The summed E-state index contributed by atoms with van der Waals surface area (Å²) in [5, 5.41) is 8.22. The summed E-state index contributed by atoms with van der Waals surface area (Å²) in [6, 6.07) is 12.2. The molecule has 1 aliphatic heterocycles. The van der Waals surface area contributed by atoms with Crippen LogP contribution in [0.1, 0.15) is 30.5 Å². The SMILES string of the molecule is O=C(CCc1[nH]nc2ncccc12)N1CCCCc2ccccc21. The molecule has 1 aliphatic rings. The van der Waals surface area contributed by atoms with Crippen LogP contribution < -0.4 is 4.90 Å². The van der Waals surface area contributed by atoms with Gasteiger partial charge in [-0.2, -0.15) is 5.10 Å². The van der Waals surface area contributed by atoms with E-state index in [1.54, 1.807) is 6.20 Å². The smallest absolute Gasteiger partial charge is 0.227 e. The standard InChI is InChI=1S/C19H20N4O/c24-18(11-10-16-15-8-5-12-20-19(15)22-21-16)23-13-4-3-7-14-6-1-2-9-17(14)23/h1-2,5-6,8-9,12H,3-4,7,10-11,13H2,(H,20,21,22). The minimum Gasteiger partial charge on any atom is -0.312 e. The molecule has 0 atom stereocenters. The Kier molecular flexibility index (Phi) is 3.99. The molecule has 0 saturated heterocycles. The van der Waals surface area contributed by atoms with Crippen LogP contribution in [0.15, 0.2) is 42.6 Å². The Balaban J connectivity index is 1.52. The number of nitrogens with zero attached hydrogens (tertiary/aromatic N) is 3. The van der Waals surface area contributed by atoms with E-state index in [-0.39, 0.29) is 5.91 Å². The largest absolute Gasteiger partial charge is 0.312 e. The molecule has 1 N–H and O–H groups in total. The molecule has 0 fully saturated rings. The summed E-state index contributed by atoms with van der Waals surface area (Å²) in [5.74, 6) is 0.177. The van der Waals surface area contributed by atoms with Crippen LogP contribution in [0.4, 0.5) is 5.69 Å². The second-order valence-corrected chi connectivity index (χ2v) is 6.21.